The number of nitrogen functional groups attached to an aromatic ring is 1. The van der Waals surface area contributed by atoms with E-state index in [1.54, 1.807) is 24.3 Å². The van der Waals surface area contributed by atoms with E-state index in [9.17, 15) is 4.79 Å². The number of hydrogen-bond donors (Lipinski definition) is 2. The lowest BCUT2D eigenvalue weighted by atomic mass is 10.3. The third-order valence-electron chi connectivity index (χ3n) is 2.79. The summed E-state index contributed by atoms with van der Waals surface area (Å²) in [7, 11) is 0. The highest BCUT2D eigenvalue weighted by molar-refractivity contribution is 5.91. The Hall–Kier alpha value is -1.55. The number of carbonyl (C=O) groups is 1. The Kier molecular flexibility index (Phi) is 3.98. The summed E-state index contributed by atoms with van der Waals surface area (Å²) >= 11 is 0. The molecule has 0 unspecified atom stereocenters. The van der Waals surface area contributed by atoms with Gasteiger partial charge in [0.05, 0.1) is 0 Å². The number of nitrogens with two attached hydrogens (primary N) is 1. The van der Waals surface area contributed by atoms with Crippen LogP contribution < -0.4 is 11.1 Å². The standard InChI is InChI=1S/C13H18N2O2/c14-11-3-5-12(6-4-11)15-13(16)9-17-8-7-10-1-2-10/h3-6,10H,1-2,7-9,14H2,(H,15,16). The van der Waals surface area contributed by atoms with Crippen LogP contribution in [0.5, 0.6) is 0 Å². The van der Waals surface area contributed by atoms with Gasteiger partial charge in [-0.1, -0.05) is 12.8 Å². The van der Waals surface area contributed by atoms with Gasteiger partial charge in [0.1, 0.15) is 6.61 Å². The second kappa shape index (κ2) is 5.68. The Labute approximate surface area is 101 Å². The molecule has 4 nitrogen and oxygen atoms in total. The highest BCUT2D eigenvalue weighted by atomic mass is 16.5. The van der Waals surface area contributed by atoms with E-state index >= 15 is 0 Å². The van der Waals surface area contributed by atoms with E-state index in [1.165, 1.54) is 12.8 Å². The van der Waals surface area contributed by atoms with E-state index in [0.29, 0.717) is 12.3 Å². The molecule has 17 heavy (non-hydrogen) atoms. The first kappa shape index (κ1) is 11.9. The fraction of sp³-hybridized carbons (Fsp3) is 0.462. The number of carbonyl (C=O) groups excluding carboxylic acids is 1. The third-order valence-corrected chi connectivity index (χ3v) is 2.79. The van der Waals surface area contributed by atoms with Crippen molar-refractivity contribution >= 4 is 17.3 Å². The van der Waals surface area contributed by atoms with Crippen molar-refractivity contribution in [2.75, 3.05) is 24.3 Å². The first-order valence-electron chi connectivity index (χ1n) is 5.97. The van der Waals surface area contributed by atoms with Gasteiger partial charge in [0, 0.05) is 18.0 Å². The maximum absolute atomic E-state index is 11.5. The van der Waals surface area contributed by atoms with Crippen LogP contribution >= 0.6 is 0 Å². The molecule has 1 aliphatic rings. The van der Waals surface area contributed by atoms with Crippen LogP contribution in [0.2, 0.25) is 0 Å². The van der Waals surface area contributed by atoms with E-state index in [-0.39, 0.29) is 12.5 Å². The molecule has 0 heterocycles. The van der Waals surface area contributed by atoms with Gasteiger partial charge < -0.3 is 15.8 Å². The molecule has 0 aliphatic heterocycles. The van der Waals surface area contributed by atoms with Crippen LogP contribution in [0.25, 0.3) is 0 Å². The van der Waals surface area contributed by atoms with Crippen LogP contribution in [0.1, 0.15) is 19.3 Å². The van der Waals surface area contributed by atoms with E-state index in [2.05, 4.69) is 5.32 Å². The molecular weight excluding hydrogens is 216 g/mol. The number of ether oxygens (including phenoxy) is 1. The molecule has 1 fully saturated rings. The monoisotopic (exact) mass is 234 g/mol. The van der Waals surface area contributed by atoms with Crippen LogP contribution in [-0.4, -0.2) is 19.1 Å². The SMILES string of the molecule is Nc1ccc(NC(=O)COCCC2CC2)cc1. The quantitative estimate of drug-likeness (QED) is 0.584. The third kappa shape index (κ3) is 4.44. The molecule has 0 saturated heterocycles. The molecule has 1 aromatic carbocycles. The first-order valence-corrected chi connectivity index (χ1v) is 5.97. The van der Waals surface area contributed by atoms with Gasteiger partial charge in [0.25, 0.3) is 0 Å². The maximum atomic E-state index is 11.5. The number of rotatable bonds is 6. The zero-order chi connectivity index (χ0) is 12.1. The lowest BCUT2D eigenvalue weighted by molar-refractivity contribution is -0.120. The molecule has 0 radical (unpaired) electrons. The van der Waals surface area contributed by atoms with Crippen LogP contribution in [0.15, 0.2) is 24.3 Å². The minimum atomic E-state index is -0.120. The van der Waals surface area contributed by atoms with Crippen molar-refractivity contribution in [1.29, 1.82) is 0 Å². The molecule has 0 spiro atoms. The fourth-order valence-corrected chi connectivity index (χ4v) is 1.58. The van der Waals surface area contributed by atoms with Gasteiger partial charge in [-0.25, -0.2) is 0 Å². The van der Waals surface area contributed by atoms with E-state index in [4.69, 9.17) is 10.5 Å². The van der Waals surface area contributed by atoms with Gasteiger partial charge >= 0.3 is 0 Å². The first-order chi connectivity index (χ1) is 8.24. The smallest absolute Gasteiger partial charge is 0.250 e. The van der Waals surface area contributed by atoms with Crippen molar-refractivity contribution < 1.29 is 9.53 Å². The Bertz CT molecular complexity index is 372. The summed E-state index contributed by atoms with van der Waals surface area (Å²) in [5, 5.41) is 2.75. The van der Waals surface area contributed by atoms with Gasteiger partial charge in [-0.2, -0.15) is 0 Å². The molecule has 1 saturated carbocycles. The van der Waals surface area contributed by atoms with Crippen molar-refractivity contribution in [3.63, 3.8) is 0 Å². The minimum absolute atomic E-state index is 0.120. The van der Waals surface area contributed by atoms with E-state index in [1.807, 2.05) is 0 Å². The molecule has 4 heteroatoms. The number of amides is 1. The molecule has 1 aromatic rings. The molecule has 0 bridgehead atoms. The van der Waals surface area contributed by atoms with Crippen molar-refractivity contribution in [2.24, 2.45) is 5.92 Å². The van der Waals surface area contributed by atoms with Gasteiger partial charge in [0.15, 0.2) is 0 Å². The molecule has 1 amide bonds. The zero-order valence-corrected chi connectivity index (χ0v) is 9.82. The summed E-state index contributed by atoms with van der Waals surface area (Å²) in [5.74, 6) is 0.723. The summed E-state index contributed by atoms with van der Waals surface area (Å²) in [6.45, 7) is 0.803. The van der Waals surface area contributed by atoms with Crippen LogP contribution in [0, 0.1) is 5.92 Å². The molecule has 3 N–H and O–H groups in total. The van der Waals surface area contributed by atoms with Gasteiger partial charge in [-0.3, -0.25) is 4.79 Å². The predicted molar refractivity (Wildman–Crippen MR) is 67.6 cm³/mol. The highest BCUT2D eigenvalue weighted by Gasteiger charge is 2.20. The Morgan fingerprint density at radius 3 is 2.71 bits per heavy atom. The molecule has 0 atom stereocenters. The fourth-order valence-electron chi connectivity index (χ4n) is 1.58. The van der Waals surface area contributed by atoms with Crippen molar-refractivity contribution in [2.45, 2.75) is 19.3 Å². The van der Waals surface area contributed by atoms with Crippen LogP contribution in [0.4, 0.5) is 11.4 Å². The number of anilines is 2. The average molecular weight is 234 g/mol. The van der Waals surface area contributed by atoms with Crippen LogP contribution in [0.3, 0.4) is 0 Å². The Morgan fingerprint density at radius 1 is 1.35 bits per heavy atom. The molecule has 1 aliphatic carbocycles. The lowest BCUT2D eigenvalue weighted by Gasteiger charge is -2.06. The Balaban J connectivity index is 1.63. The molecule has 0 aromatic heterocycles. The number of hydrogen-bond acceptors (Lipinski definition) is 3. The van der Waals surface area contributed by atoms with E-state index in [0.717, 1.165) is 18.0 Å². The lowest BCUT2D eigenvalue weighted by Crippen LogP contribution is -2.18. The largest absolute Gasteiger partial charge is 0.399 e. The van der Waals surface area contributed by atoms with Crippen molar-refractivity contribution in [3.05, 3.63) is 24.3 Å². The van der Waals surface area contributed by atoms with Crippen molar-refractivity contribution in [3.8, 4) is 0 Å². The van der Waals surface area contributed by atoms with Crippen molar-refractivity contribution in [1.82, 2.24) is 0 Å². The Morgan fingerprint density at radius 2 is 2.06 bits per heavy atom. The summed E-state index contributed by atoms with van der Waals surface area (Å²) in [5.41, 5.74) is 6.98. The van der Waals surface area contributed by atoms with Gasteiger partial charge in [0.2, 0.25) is 5.91 Å². The van der Waals surface area contributed by atoms with E-state index < -0.39 is 0 Å². The topological polar surface area (TPSA) is 64.3 Å². The normalized spacial score (nSPS) is 14.6. The van der Waals surface area contributed by atoms with Crippen LogP contribution in [-0.2, 0) is 9.53 Å². The molecule has 92 valence electrons. The summed E-state index contributed by atoms with van der Waals surface area (Å²) < 4.78 is 5.31. The second-order valence-corrected chi connectivity index (χ2v) is 4.45. The summed E-state index contributed by atoms with van der Waals surface area (Å²) in [6.07, 6.45) is 3.72. The molecule has 2 rings (SSSR count). The number of benzene rings is 1. The van der Waals surface area contributed by atoms with Gasteiger partial charge in [-0.05, 0) is 36.6 Å². The number of nitrogens with one attached hydrogen (secondary N) is 1. The zero-order valence-electron chi connectivity index (χ0n) is 9.82. The second-order valence-electron chi connectivity index (χ2n) is 4.45. The highest BCUT2D eigenvalue weighted by Crippen LogP contribution is 2.32. The summed E-state index contributed by atoms with van der Waals surface area (Å²) in [4.78, 5) is 11.5. The van der Waals surface area contributed by atoms with Gasteiger partial charge in [-0.15, -0.1) is 0 Å². The molecular formula is C13H18N2O2. The maximum Gasteiger partial charge on any atom is 0.250 e. The summed E-state index contributed by atoms with van der Waals surface area (Å²) in [6, 6.07) is 7.06. The average Bonchev–Trinajstić information content (AvgIpc) is 3.12. The predicted octanol–water partition coefficient (Wildman–Crippen LogP) is 2.02. The minimum Gasteiger partial charge on any atom is -0.399 e.